The molecule has 0 radical (unpaired) electrons. The summed E-state index contributed by atoms with van der Waals surface area (Å²) in [5.74, 6) is -1.48. The summed E-state index contributed by atoms with van der Waals surface area (Å²) in [4.78, 5) is 10.5. The summed E-state index contributed by atoms with van der Waals surface area (Å²) in [6.07, 6.45) is 4.39. The van der Waals surface area contributed by atoms with E-state index in [4.69, 9.17) is 9.66 Å². The molecule has 0 aromatic rings. The molecule has 0 spiro atoms. The molecular formula is C9H18O5S. The van der Waals surface area contributed by atoms with E-state index in [0.717, 1.165) is 25.7 Å². The molecular weight excluding hydrogens is 220 g/mol. The zero-order valence-corrected chi connectivity index (χ0v) is 9.66. The average molecular weight is 238 g/mol. The first-order valence-electron chi connectivity index (χ1n) is 5.08. The van der Waals surface area contributed by atoms with Crippen LogP contribution < -0.4 is 0 Å². The van der Waals surface area contributed by atoms with E-state index < -0.39 is 21.3 Å². The highest BCUT2D eigenvalue weighted by Crippen LogP contribution is 2.12. The first kappa shape index (κ1) is 14.4. The van der Waals surface area contributed by atoms with Crippen LogP contribution in [0.3, 0.4) is 0 Å². The van der Waals surface area contributed by atoms with E-state index in [-0.39, 0.29) is 6.42 Å². The lowest BCUT2D eigenvalue weighted by atomic mass is 10.1. The standard InChI is InChI=1S/C9H18O5S/c1-2-3-4-5-6-7-8(9(10)11)15(12,13)14/h8H,2-7H2,1H3,(H,10,11)(H,12,13,14). The zero-order chi connectivity index (χ0) is 11.9. The fraction of sp³-hybridized carbons (Fsp3) is 0.889. The molecule has 0 aliphatic heterocycles. The maximum Gasteiger partial charge on any atom is 0.324 e. The third-order valence-corrected chi connectivity index (χ3v) is 3.36. The van der Waals surface area contributed by atoms with Crippen LogP contribution in [0, 0.1) is 0 Å². The van der Waals surface area contributed by atoms with Crippen LogP contribution in [0.2, 0.25) is 0 Å². The predicted molar refractivity (Wildman–Crippen MR) is 56.3 cm³/mol. The Morgan fingerprint density at radius 2 is 1.73 bits per heavy atom. The maximum atomic E-state index is 10.7. The fourth-order valence-corrected chi connectivity index (χ4v) is 2.05. The Morgan fingerprint density at radius 1 is 1.20 bits per heavy atom. The van der Waals surface area contributed by atoms with Crippen molar-refractivity contribution in [1.29, 1.82) is 0 Å². The summed E-state index contributed by atoms with van der Waals surface area (Å²) in [6.45, 7) is 2.05. The molecule has 0 aromatic heterocycles. The minimum Gasteiger partial charge on any atom is -0.480 e. The van der Waals surface area contributed by atoms with Gasteiger partial charge in [0.2, 0.25) is 0 Å². The molecule has 0 aliphatic rings. The number of hydrogen-bond donors (Lipinski definition) is 2. The minimum atomic E-state index is -4.46. The quantitative estimate of drug-likeness (QED) is 0.496. The highest BCUT2D eigenvalue weighted by molar-refractivity contribution is 7.87. The first-order chi connectivity index (χ1) is 6.89. The second-order valence-electron chi connectivity index (χ2n) is 3.54. The van der Waals surface area contributed by atoms with Gasteiger partial charge < -0.3 is 5.11 Å². The van der Waals surface area contributed by atoms with E-state index in [0.29, 0.717) is 6.42 Å². The normalized spacial score (nSPS) is 13.7. The van der Waals surface area contributed by atoms with Crippen LogP contribution in [0.25, 0.3) is 0 Å². The molecule has 1 unspecified atom stereocenters. The van der Waals surface area contributed by atoms with Crippen LogP contribution in [-0.2, 0) is 14.9 Å². The van der Waals surface area contributed by atoms with E-state index in [1.807, 2.05) is 0 Å². The predicted octanol–water partition coefficient (Wildman–Crippen LogP) is 1.69. The number of aliphatic carboxylic acids is 1. The summed E-state index contributed by atoms with van der Waals surface area (Å²) in [7, 11) is -4.46. The topological polar surface area (TPSA) is 91.7 Å². The lowest BCUT2D eigenvalue weighted by molar-refractivity contribution is -0.136. The largest absolute Gasteiger partial charge is 0.480 e. The molecule has 0 aromatic carbocycles. The van der Waals surface area contributed by atoms with Crippen LogP contribution >= 0.6 is 0 Å². The molecule has 0 fully saturated rings. The van der Waals surface area contributed by atoms with Crippen molar-refractivity contribution >= 4 is 16.1 Å². The third-order valence-electron chi connectivity index (χ3n) is 2.20. The molecule has 0 saturated carbocycles. The molecule has 0 rings (SSSR count). The van der Waals surface area contributed by atoms with Crippen molar-refractivity contribution in [1.82, 2.24) is 0 Å². The zero-order valence-electron chi connectivity index (χ0n) is 8.85. The van der Waals surface area contributed by atoms with Gasteiger partial charge in [-0.2, -0.15) is 8.42 Å². The van der Waals surface area contributed by atoms with Crippen molar-refractivity contribution in [2.75, 3.05) is 0 Å². The molecule has 0 aliphatic carbocycles. The Hall–Kier alpha value is -0.620. The van der Waals surface area contributed by atoms with Gasteiger partial charge in [0.15, 0.2) is 5.25 Å². The molecule has 90 valence electrons. The summed E-state index contributed by atoms with van der Waals surface area (Å²) in [6, 6.07) is 0. The van der Waals surface area contributed by atoms with E-state index in [1.54, 1.807) is 0 Å². The van der Waals surface area contributed by atoms with Crippen molar-refractivity contribution < 1.29 is 22.9 Å². The average Bonchev–Trinajstić information content (AvgIpc) is 2.08. The van der Waals surface area contributed by atoms with Crippen molar-refractivity contribution in [3.8, 4) is 0 Å². The Morgan fingerprint density at radius 3 is 2.13 bits per heavy atom. The molecule has 0 bridgehead atoms. The van der Waals surface area contributed by atoms with Crippen LogP contribution in [0.15, 0.2) is 0 Å². The highest BCUT2D eigenvalue weighted by Gasteiger charge is 2.29. The fourth-order valence-electron chi connectivity index (χ4n) is 1.33. The lowest BCUT2D eigenvalue weighted by Crippen LogP contribution is -2.29. The molecule has 2 N–H and O–H groups in total. The second kappa shape index (κ2) is 6.79. The molecule has 1 atom stereocenters. The number of rotatable bonds is 8. The van der Waals surface area contributed by atoms with Crippen molar-refractivity contribution in [3.63, 3.8) is 0 Å². The monoisotopic (exact) mass is 238 g/mol. The molecule has 6 heteroatoms. The highest BCUT2D eigenvalue weighted by atomic mass is 32.2. The van der Waals surface area contributed by atoms with E-state index in [2.05, 4.69) is 6.92 Å². The Labute approximate surface area is 90.2 Å². The Kier molecular flexibility index (Phi) is 6.51. The van der Waals surface area contributed by atoms with Gasteiger partial charge in [-0.15, -0.1) is 0 Å². The summed E-state index contributed by atoms with van der Waals surface area (Å²) < 4.78 is 30.0. The van der Waals surface area contributed by atoms with Crippen LogP contribution in [0.4, 0.5) is 0 Å². The number of carbonyl (C=O) groups is 1. The third kappa shape index (κ3) is 6.46. The van der Waals surface area contributed by atoms with Gasteiger partial charge in [-0.3, -0.25) is 9.35 Å². The summed E-state index contributed by atoms with van der Waals surface area (Å²) >= 11 is 0. The molecule has 0 saturated heterocycles. The van der Waals surface area contributed by atoms with Gasteiger partial charge in [-0.1, -0.05) is 39.0 Å². The molecule has 0 amide bonds. The maximum absolute atomic E-state index is 10.7. The molecule has 0 heterocycles. The van der Waals surface area contributed by atoms with E-state index in [1.165, 1.54) is 0 Å². The van der Waals surface area contributed by atoms with Gasteiger partial charge in [0.25, 0.3) is 10.1 Å². The van der Waals surface area contributed by atoms with E-state index >= 15 is 0 Å². The van der Waals surface area contributed by atoms with E-state index in [9.17, 15) is 13.2 Å². The van der Waals surface area contributed by atoms with Gasteiger partial charge in [0.05, 0.1) is 0 Å². The first-order valence-corrected chi connectivity index (χ1v) is 6.59. The van der Waals surface area contributed by atoms with Crippen LogP contribution in [0.5, 0.6) is 0 Å². The number of carboxylic acid groups (broad SMARTS) is 1. The van der Waals surface area contributed by atoms with Gasteiger partial charge in [0, 0.05) is 0 Å². The lowest BCUT2D eigenvalue weighted by Gasteiger charge is -2.08. The van der Waals surface area contributed by atoms with Gasteiger partial charge in [-0.25, -0.2) is 0 Å². The van der Waals surface area contributed by atoms with Crippen molar-refractivity contribution in [2.24, 2.45) is 0 Å². The van der Waals surface area contributed by atoms with Crippen molar-refractivity contribution in [2.45, 2.75) is 50.7 Å². The van der Waals surface area contributed by atoms with Crippen molar-refractivity contribution in [3.05, 3.63) is 0 Å². The number of carboxylic acids is 1. The minimum absolute atomic E-state index is 0.0160. The Bertz CT molecular complexity index is 283. The SMILES string of the molecule is CCCCCCCC(C(=O)O)S(=O)(=O)O. The number of unbranched alkanes of at least 4 members (excludes halogenated alkanes) is 4. The van der Waals surface area contributed by atoms with Gasteiger partial charge in [0.1, 0.15) is 0 Å². The summed E-state index contributed by atoms with van der Waals surface area (Å²) in [5, 5.41) is 6.90. The van der Waals surface area contributed by atoms with Gasteiger partial charge in [-0.05, 0) is 6.42 Å². The Balaban J connectivity index is 3.95. The smallest absolute Gasteiger partial charge is 0.324 e. The number of hydrogen-bond acceptors (Lipinski definition) is 3. The van der Waals surface area contributed by atoms with Gasteiger partial charge >= 0.3 is 5.97 Å². The van der Waals surface area contributed by atoms with Crippen LogP contribution in [-0.4, -0.2) is 29.3 Å². The van der Waals surface area contributed by atoms with Crippen LogP contribution in [0.1, 0.15) is 45.4 Å². The summed E-state index contributed by atoms with van der Waals surface area (Å²) in [5.41, 5.74) is 0. The molecule has 5 nitrogen and oxygen atoms in total. The molecule has 15 heavy (non-hydrogen) atoms. The second-order valence-corrected chi connectivity index (χ2v) is 5.14.